The van der Waals surface area contributed by atoms with Gasteiger partial charge >= 0.3 is 0 Å². The van der Waals surface area contributed by atoms with E-state index >= 15 is 0 Å². The Hall–Kier alpha value is -2.04. The lowest BCUT2D eigenvalue weighted by Gasteiger charge is -2.10. The molecule has 1 saturated carbocycles. The fourth-order valence-electron chi connectivity index (χ4n) is 3.56. The molecule has 1 nitrogen and oxygen atoms in total. The molecule has 21 heavy (non-hydrogen) atoms. The molecule has 2 fully saturated rings. The van der Waals surface area contributed by atoms with Crippen molar-refractivity contribution < 1.29 is 4.74 Å². The van der Waals surface area contributed by atoms with Gasteiger partial charge in [0.25, 0.3) is 0 Å². The maximum atomic E-state index is 6.29. The fraction of sp³-hybridized carbons (Fsp3) is 0.300. The third kappa shape index (κ3) is 1.99. The molecule has 0 radical (unpaired) electrons. The van der Waals surface area contributed by atoms with E-state index in [4.69, 9.17) is 4.74 Å². The molecule has 0 amide bonds. The molecule has 1 unspecified atom stereocenters. The highest BCUT2D eigenvalue weighted by molar-refractivity contribution is 5.48. The van der Waals surface area contributed by atoms with Crippen LogP contribution in [-0.4, -0.2) is 5.60 Å². The molecule has 0 aromatic heterocycles. The highest BCUT2D eigenvalue weighted by atomic mass is 16.6. The van der Waals surface area contributed by atoms with E-state index in [0.717, 1.165) is 18.4 Å². The van der Waals surface area contributed by atoms with Crippen LogP contribution in [-0.2, 0) is 10.3 Å². The van der Waals surface area contributed by atoms with Crippen LogP contribution in [0.25, 0.3) is 0 Å². The van der Waals surface area contributed by atoms with Crippen LogP contribution in [0.1, 0.15) is 36.8 Å². The van der Waals surface area contributed by atoms with E-state index < -0.39 is 0 Å². The number of hydrogen-bond donors (Lipinski definition) is 0. The van der Waals surface area contributed by atoms with Gasteiger partial charge in [-0.05, 0) is 30.5 Å². The summed E-state index contributed by atoms with van der Waals surface area (Å²) in [5.41, 5.74) is 1.84. The Morgan fingerprint density at radius 3 is 2.10 bits per heavy atom. The standard InChI is InChI=1S/C20H18O/c1-3-9-17(10-4-1)13-16-20(18-11-5-2-6-12-18)19(21-20)14-7-8-15-19/h1-6,9-12H,7-8,14-15H2. The number of ether oxygens (including phenoxy) is 1. The SMILES string of the molecule is C(#CC1(c2ccccc2)OC12CCCC2)c1ccccc1. The smallest absolute Gasteiger partial charge is 0.184 e. The minimum absolute atomic E-state index is 0.0316. The first-order chi connectivity index (χ1) is 10.3. The molecule has 1 aliphatic carbocycles. The van der Waals surface area contributed by atoms with Gasteiger partial charge in [0.1, 0.15) is 5.60 Å². The van der Waals surface area contributed by atoms with Crippen LogP contribution < -0.4 is 0 Å². The van der Waals surface area contributed by atoms with E-state index in [1.54, 1.807) is 0 Å². The molecule has 0 bridgehead atoms. The van der Waals surface area contributed by atoms with Crippen molar-refractivity contribution in [1.82, 2.24) is 0 Å². The zero-order valence-corrected chi connectivity index (χ0v) is 12.0. The Morgan fingerprint density at radius 2 is 1.43 bits per heavy atom. The van der Waals surface area contributed by atoms with E-state index in [9.17, 15) is 0 Å². The lowest BCUT2D eigenvalue weighted by molar-refractivity contribution is 0.284. The second-order valence-corrected chi connectivity index (χ2v) is 5.97. The van der Waals surface area contributed by atoms with Gasteiger partial charge in [-0.25, -0.2) is 0 Å². The minimum atomic E-state index is -0.388. The Labute approximate surface area is 126 Å². The summed E-state index contributed by atoms with van der Waals surface area (Å²) < 4.78 is 6.29. The van der Waals surface area contributed by atoms with Crippen molar-refractivity contribution in [3.63, 3.8) is 0 Å². The van der Waals surface area contributed by atoms with E-state index in [1.807, 2.05) is 24.3 Å². The molecule has 2 aromatic rings. The van der Waals surface area contributed by atoms with Crippen LogP contribution in [0.5, 0.6) is 0 Å². The fourth-order valence-corrected chi connectivity index (χ4v) is 3.56. The number of benzene rings is 2. The van der Waals surface area contributed by atoms with E-state index in [-0.39, 0.29) is 11.2 Å². The van der Waals surface area contributed by atoms with E-state index in [2.05, 4.69) is 48.2 Å². The normalized spacial score (nSPS) is 25.3. The summed E-state index contributed by atoms with van der Waals surface area (Å²) in [5, 5.41) is 0. The second kappa shape index (κ2) is 4.76. The molecule has 2 aromatic carbocycles. The van der Waals surface area contributed by atoms with Crippen LogP contribution in [0, 0.1) is 11.8 Å². The van der Waals surface area contributed by atoms with E-state index in [1.165, 1.54) is 18.4 Å². The van der Waals surface area contributed by atoms with Crippen molar-refractivity contribution in [2.45, 2.75) is 36.9 Å². The van der Waals surface area contributed by atoms with Crippen LogP contribution in [0.2, 0.25) is 0 Å². The highest BCUT2D eigenvalue weighted by Gasteiger charge is 2.70. The third-order valence-electron chi connectivity index (χ3n) is 4.70. The van der Waals surface area contributed by atoms with Gasteiger partial charge in [0.15, 0.2) is 5.60 Å². The Balaban J connectivity index is 1.75. The van der Waals surface area contributed by atoms with Crippen molar-refractivity contribution in [2.75, 3.05) is 0 Å². The molecular weight excluding hydrogens is 256 g/mol. The molecule has 4 rings (SSSR count). The Kier molecular flexibility index (Phi) is 2.87. The van der Waals surface area contributed by atoms with Gasteiger partial charge < -0.3 is 4.74 Å². The molecule has 1 spiro atoms. The lowest BCUT2D eigenvalue weighted by Crippen LogP contribution is -2.19. The summed E-state index contributed by atoms with van der Waals surface area (Å²) in [7, 11) is 0. The van der Waals surface area contributed by atoms with Crippen LogP contribution in [0.3, 0.4) is 0 Å². The van der Waals surface area contributed by atoms with Gasteiger partial charge in [-0.1, -0.05) is 73.2 Å². The van der Waals surface area contributed by atoms with Crippen LogP contribution >= 0.6 is 0 Å². The molecule has 1 saturated heterocycles. The summed E-state index contributed by atoms with van der Waals surface area (Å²) in [6, 6.07) is 20.7. The Morgan fingerprint density at radius 1 is 0.810 bits per heavy atom. The van der Waals surface area contributed by atoms with Crippen molar-refractivity contribution >= 4 is 0 Å². The lowest BCUT2D eigenvalue weighted by atomic mass is 9.85. The van der Waals surface area contributed by atoms with Gasteiger partial charge in [0, 0.05) is 5.56 Å². The van der Waals surface area contributed by atoms with Gasteiger partial charge in [-0.15, -0.1) is 0 Å². The molecule has 1 atom stereocenters. The maximum absolute atomic E-state index is 6.29. The average Bonchev–Trinajstić information content (AvgIpc) is 2.92. The second-order valence-electron chi connectivity index (χ2n) is 5.97. The quantitative estimate of drug-likeness (QED) is 0.558. The molecule has 1 heteroatoms. The predicted octanol–water partition coefficient (Wildman–Crippen LogP) is 4.28. The Bertz CT molecular complexity index is 687. The highest BCUT2D eigenvalue weighted by Crippen LogP contribution is 2.63. The summed E-state index contributed by atoms with van der Waals surface area (Å²) >= 11 is 0. The van der Waals surface area contributed by atoms with Crippen molar-refractivity contribution in [3.05, 3.63) is 71.8 Å². The first kappa shape index (κ1) is 12.7. The summed E-state index contributed by atoms with van der Waals surface area (Å²) in [4.78, 5) is 0. The van der Waals surface area contributed by atoms with Gasteiger partial charge in [-0.2, -0.15) is 0 Å². The molecule has 1 heterocycles. The van der Waals surface area contributed by atoms with Crippen LogP contribution in [0.15, 0.2) is 60.7 Å². The predicted molar refractivity (Wildman–Crippen MR) is 83.7 cm³/mol. The number of hydrogen-bond acceptors (Lipinski definition) is 1. The third-order valence-corrected chi connectivity index (χ3v) is 4.70. The monoisotopic (exact) mass is 274 g/mol. The first-order valence-corrected chi connectivity index (χ1v) is 7.69. The van der Waals surface area contributed by atoms with Crippen LogP contribution in [0.4, 0.5) is 0 Å². The number of rotatable bonds is 1. The summed E-state index contributed by atoms with van der Waals surface area (Å²) in [6.45, 7) is 0. The zero-order chi connectivity index (χ0) is 14.2. The molecule has 1 aliphatic heterocycles. The average molecular weight is 274 g/mol. The number of epoxide rings is 1. The van der Waals surface area contributed by atoms with Gasteiger partial charge in [0.05, 0.1) is 0 Å². The molecule has 0 N–H and O–H groups in total. The first-order valence-electron chi connectivity index (χ1n) is 7.69. The largest absolute Gasteiger partial charge is 0.344 e. The van der Waals surface area contributed by atoms with Gasteiger partial charge in [0.2, 0.25) is 0 Å². The van der Waals surface area contributed by atoms with Gasteiger partial charge in [-0.3, -0.25) is 0 Å². The summed E-state index contributed by atoms with van der Waals surface area (Å²) in [6.07, 6.45) is 4.76. The minimum Gasteiger partial charge on any atom is -0.344 e. The zero-order valence-electron chi connectivity index (χ0n) is 12.0. The molecule has 104 valence electrons. The van der Waals surface area contributed by atoms with Crippen molar-refractivity contribution in [3.8, 4) is 11.8 Å². The summed E-state index contributed by atoms with van der Waals surface area (Å²) in [5.74, 6) is 6.79. The topological polar surface area (TPSA) is 12.5 Å². The van der Waals surface area contributed by atoms with Crippen molar-refractivity contribution in [2.24, 2.45) is 0 Å². The molecule has 2 aliphatic rings. The van der Waals surface area contributed by atoms with E-state index in [0.29, 0.717) is 0 Å². The van der Waals surface area contributed by atoms with Crippen molar-refractivity contribution in [1.29, 1.82) is 0 Å². The molecular formula is C20H18O. The maximum Gasteiger partial charge on any atom is 0.184 e.